The highest BCUT2D eigenvalue weighted by Crippen LogP contribution is 2.41. The van der Waals surface area contributed by atoms with Crippen LogP contribution >= 0.6 is 0 Å². The molecule has 0 amide bonds. The first-order valence-electron chi connectivity index (χ1n) is 10.5. The van der Waals surface area contributed by atoms with Gasteiger partial charge in [-0.2, -0.15) is 5.26 Å². The number of nitrogens with zero attached hydrogens (tertiary/aromatic N) is 3. The molecule has 0 radical (unpaired) electrons. The largest absolute Gasteiger partial charge is 0.441 e. The lowest BCUT2D eigenvalue weighted by atomic mass is 9.81. The quantitative estimate of drug-likeness (QED) is 0.455. The van der Waals surface area contributed by atoms with Crippen molar-refractivity contribution in [3.63, 3.8) is 0 Å². The minimum absolute atomic E-state index is 0.493. The zero-order valence-electron chi connectivity index (χ0n) is 16.7. The molecule has 1 aliphatic rings. The van der Waals surface area contributed by atoms with Gasteiger partial charge in [0.15, 0.2) is 11.5 Å². The summed E-state index contributed by atoms with van der Waals surface area (Å²) in [4.78, 5) is 13.3. The highest BCUT2D eigenvalue weighted by Gasteiger charge is 2.24. The highest BCUT2D eigenvalue weighted by atomic mass is 16.3. The molecule has 29 heavy (non-hydrogen) atoms. The van der Waals surface area contributed by atoms with Gasteiger partial charge in [0.25, 0.3) is 0 Å². The fourth-order valence-corrected chi connectivity index (χ4v) is 4.73. The summed E-state index contributed by atoms with van der Waals surface area (Å²) in [6, 6.07) is 12.6. The molecule has 0 aliphatic heterocycles. The molecule has 0 spiro atoms. The molecule has 1 saturated carbocycles. The lowest BCUT2D eigenvalue weighted by Crippen LogP contribution is -2.06. The molecule has 1 aliphatic carbocycles. The van der Waals surface area contributed by atoms with E-state index in [1.165, 1.54) is 37.7 Å². The van der Waals surface area contributed by atoms with Crippen molar-refractivity contribution in [3.05, 3.63) is 47.3 Å². The minimum Gasteiger partial charge on any atom is -0.441 e. The third-order valence-corrected chi connectivity index (χ3v) is 6.08. The van der Waals surface area contributed by atoms with Crippen LogP contribution < -0.4 is 0 Å². The predicted octanol–water partition coefficient (Wildman–Crippen LogP) is 6.18. The van der Waals surface area contributed by atoms with Gasteiger partial charge in [0.2, 0.25) is 0 Å². The molecule has 1 fully saturated rings. The molecule has 5 heteroatoms. The normalized spacial score (nSPS) is 15.2. The van der Waals surface area contributed by atoms with Crippen LogP contribution in [0.25, 0.3) is 33.5 Å². The summed E-state index contributed by atoms with van der Waals surface area (Å²) in [7, 11) is 0. The molecule has 1 N–H and O–H groups in total. The number of benzene rings is 2. The first-order chi connectivity index (χ1) is 14.2. The molecule has 0 bridgehead atoms. The van der Waals surface area contributed by atoms with E-state index in [0.29, 0.717) is 24.7 Å². The zero-order valence-corrected chi connectivity index (χ0v) is 16.7. The summed E-state index contributed by atoms with van der Waals surface area (Å²) in [6.45, 7) is 1.89. The molecule has 0 unspecified atom stereocenters. The second-order valence-electron chi connectivity index (χ2n) is 8.00. The maximum Gasteiger partial charge on any atom is 0.192 e. The van der Waals surface area contributed by atoms with Crippen molar-refractivity contribution < 1.29 is 4.42 Å². The van der Waals surface area contributed by atoms with Gasteiger partial charge >= 0.3 is 0 Å². The molecule has 0 atom stereocenters. The van der Waals surface area contributed by atoms with Gasteiger partial charge in [-0.05, 0) is 48.4 Å². The Labute approximate surface area is 169 Å². The second kappa shape index (κ2) is 7.36. The van der Waals surface area contributed by atoms with Gasteiger partial charge in [-0.1, -0.05) is 37.5 Å². The van der Waals surface area contributed by atoms with Gasteiger partial charge in [0.05, 0.1) is 22.7 Å². The monoisotopic (exact) mass is 384 g/mol. The van der Waals surface area contributed by atoms with Crippen molar-refractivity contribution >= 4 is 22.1 Å². The van der Waals surface area contributed by atoms with Gasteiger partial charge in [-0.15, -0.1) is 0 Å². The molecule has 2 aromatic carbocycles. The number of aromatic nitrogens is 3. The Bertz CT molecular complexity index is 1220. The van der Waals surface area contributed by atoms with Gasteiger partial charge in [-0.3, -0.25) is 0 Å². The van der Waals surface area contributed by atoms with Crippen LogP contribution in [0.5, 0.6) is 0 Å². The van der Waals surface area contributed by atoms with E-state index in [-0.39, 0.29) is 0 Å². The minimum atomic E-state index is 0.493. The summed E-state index contributed by atoms with van der Waals surface area (Å²) in [5.74, 6) is 2.06. The number of fused-ring (bicyclic) bond motifs is 2. The highest BCUT2D eigenvalue weighted by molar-refractivity contribution is 5.94. The van der Waals surface area contributed by atoms with Crippen LogP contribution in [0, 0.1) is 18.3 Å². The van der Waals surface area contributed by atoms with Gasteiger partial charge in [-0.25, -0.2) is 9.97 Å². The molecule has 5 nitrogen and oxygen atoms in total. The first-order valence-corrected chi connectivity index (χ1v) is 10.5. The molecule has 4 aromatic rings. The molecular weight excluding hydrogens is 360 g/mol. The van der Waals surface area contributed by atoms with Crippen molar-refractivity contribution in [2.24, 2.45) is 0 Å². The van der Waals surface area contributed by atoms with Crippen LogP contribution in [0.3, 0.4) is 0 Å². The van der Waals surface area contributed by atoms with Crippen LogP contribution in [0.15, 0.2) is 34.7 Å². The van der Waals surface area contributed by atoms with E-state index < -0.39 is 0 Å². The number of aromatic amines is 1. The standard InChI is InChI=1S/C24H24N4O/c1-15-26-23-20(29-15)13-12-18(16-7-3-2-4-8-16)21(23)24-27-19-11-5-9-17(10-6-14-25)22(19)28-24/h5,9,11-13,16H,2-4,6-8,10H2,1H3,(H,27,28). The number of H-pyrrole nitrogens is 1. The summed E-state index contributed by atoms with van der Waals surface area (Å²) in [5, 5.41) is 8.99. The Hall–Kier alpha value is -3.13. The van der Waals surface area contributed by atoms with E-state index in [2.05, 4.69) is 35.3 Å². The van der Waals surface area contributed by atoms with E-state index in [0.717, 1.165) is 39.1 Å². The molecule has 5 rings (SSSR count). The van der Waals surface area contributed by atoms with E-state index in [1.807, 2.05) is 13.0 Å². The third kappa shape index (κ3) is 3.19. The smallest absolute Gasteiger partial charge is 0.192 e. The number of aryl methyl sites for hydroxylation is 2. The van der Waals surface area contributed by atoms with Crippen LogP contribution in [0.4, 0.5) is 0 Å². The van der Waals surface area contributed by atoms with Crippen molar-refractivity contribution in [2.75, 3.05) is 0 Å². The maximum absolute atomic E-state index is 8.99. The Morgan fingerprint density at radius 1 is 1.10 bits per heavy atom. The third-order valence-electron chi connectivity index (χ3n) is 6.08. The number of nitriles is 1. The van der Waals surface area contributed by atoms with Crippen LogP contribution in [0.2, 0.25) is 0 Å². The maximum atomic E-state index is 8.99. The number of nitrogens with one attached hydrogen (secondary N) is 1. The van der Waals surface area contributed by atoms with Crippen LogP contribution in [-0.2, 0) is 6.42 Å². The van der Waals surface area contributed by atoms with Gasteiger partial charge in [0.1, 0.15) is 11.3 Å². The van der Waals surface area contributed by atoms with Crippen molar-refractivity contribution in [1.29, 1.82) is 5.26 Å². The first kappa shape index (κ1) is 17.9. The van der Waals surface area contributed by atoms with Crippen molar-refractivity contribution in [2.45, 2.75) is 57.8 Å². The Balaban J connectivity index is 1.72. The van der Waals surface area contributed by atoms with E-state index in [9.17, 15) is 0 Å². The fourth-order valence-electron chi connectivity index (χ4n) is 4.73. The summed E-state index contributed by atoms with van der Waals surface area (Å²) < 4.78 is 5.83. The molecular formula is C24H24N4O. The molecule has 2 aromatic heterocycles. The Morgan fingerprint density at radius 3 is 2.79 bits per heavy atom. The lowest BCUT2D eigenvalue weighted by Gasteiger charge is -2.23. The zero-order chi connectivity index (χ0) is 19.8. The van der Waals surface area contributed by atoms with Crippen molar-refractivity contribution in [3.8, 4) is 17.5 Å². The molecule has 146 valence electrons. The average molecular weight is 384 g/mol. The summed E-state index contributed by atoms with van der Waals surface area (Å²) in [5.41, 5.74) is 7.16. The van der Waals surface area contributed by atoms with Crippen molar-refractivity contribution in [1.82, 2.24) is 15.0 Å². The number of para-hydroxylation sites is 1. The van der Waals surface area contributed by atoms with Crippen LogP contribution in [0.1, 0.15) is 61.5 Å². The molecule has 0 saturated heterocycles. The van der Waals surface area contributed by atoms with E-state index >= 15 is 0 Å². The second-order valence-corrected chi connectivity index (χ2v) is 8.00. The number of hydrogen-bond acceptors (Lipinski definition) is 4. The Kier molecular flexibility index (Phi) is 4.55. The Morgan fingerprint density at radius 2 is 1.97 bits per heavy atom. The lowest BCUT2D eigenvalue weighted by molar-refractivity contribution is 0.444. The SMILES string of the molecule is Cc1nc2c(-c3nc4c(CCC#N)cccc4[nH]3)c(C3CCCCC3)ccc2o1. The average Bonchev–Trinajstić information content (AvgIpc) is 3.34. The number of imidazole rings is 1. The van der Waals surface area contributed by atoms with E-state index in [1.54, 1.807) is 0 Å². The van der Waals surface area contributed by atoms with Gasteiger partial charge < -0.3 is 9.40 Å². The number of oxazole rings is 1. The number of hydrogen-bond donors (Lipinski definition) is 1. The molecule has 2 heterocycles. The van der Waals surface area contributed by atoms with Gasteiger partial charge in [0, 0.05) is 13.3 Å². The predicted molar refractivity (Wildman–Crippen MR) is 114 cm³/mol. The summed E-state index contributed by atoms with van der Waals surface area (Å²) in [6.07, 6.45) is 7.50. The number of rotatable bonds is 4. The fraction of sp³-hybridized carbons (Fsp3) is 0.375. The summed E-state index contributed by atoms with van der Waals surface area (Å²) >= 11 is 0. The van der Waals surface area contributed by atoms with E-state index in [4.69, 9.17) is 19.6 Å². The van der Waals surface area contributed by atoms with Crippen LogP contribution in [-0.4, -0.2) is 15.0 Å². The topological polar surface area (TPSA) is 78.5 Å².